The minimum Gasteiger partial charge on any atom is -0.350 e. The molecule has 1 atom stereocenters. The molecule has 1 unspecified atom stereocenters. The minimum absolute atomic E-state index is 0.589. The highest BCUT2D eigenvalue weighted by molar-refractivity contribution is 9.09. The number of thioether (sulfide) groups is 1. The number of rotatable bonds is 3. The summed E-state index contributed by atoms with van der Waals surface area (Å²) in [5, 5.41) is 6.89. The maximum atomic E-state index is 4.54. The fraction of sp³-hybridized carbons (Fsp3) is 0.600. The molecule has 0 N–H and O–H groups in total. The standard InChI is InChI=1S/C10H15BrN4S/c1-14(6-8-4-13-15(2)7-8)10-12-5-9(3-11)16-10/h4,7,9H,3,5-6H2,1-2H3. The zero-order valence-corrected chi connectivity index (χ0v) is 11.8. The summed E-state index contributed by atoms with van der Waals surface area (Å²) in [7, 11) is 4.02. The number of nitrogens with zero attached hydrogens (tertiary/aromatic N) is 4. The van der Waals surface area contributed by atoms with Crippen LogP contribution in [0.2, 0.25) is 0 Å². The molecule has 2 heterocycles. The topological polar surface area (TPSA) is 33.4 Å². The second kappa shape index (κ2) is 5.23. The number of aliphatic imine (C=N–C) groups is 1. The molecule has 2 rings (SSSR count). The van der Waals surface area contributed by atoms with Gasteiger partial charge in [0.05, 0.1) is 12.7 Å². The molecule has 0 saturated carbocycles. The van der Waals surface area contributed by atoms with Gasteiger partial charge in [-0.05, 0) is 0 Å². The van der Waals surface area contributed by atoms with E-state index in [2.05, 4.69) is 38.0 Å². The lowest BCUT2D eigenvalue weighted by atomic mass is 10.3. The van der Waals surface area contributed by atoms with Gasteiger partial charge >= 0.3 is 0 Å². The van der Waals surface area contributed by atoms with Gasteiger partial charge in [-0.15, -0.1) is 0 Å². The quantitative estimate of drug-likeness (QED) is 0.797. The number of amidine groups is 1. The van der Waals surface area contributed by atoms with Crippen LogP contribution in [0.3, 0.4) is 0 Å². The summed E-state index contributed by atoms with van der Waals surface area (Å²) in [5.41, 5.74) is 1.22. The number of aryl methyl sites for hydroxylation is 1. The second-order valence-corrected chi connectivity index (χ2v) is 5.81. The van der Waals surface area contributed by atoms with Gasteiger partial charge in [0, 0.05) is 43.0 Å². The van der Waals surface area contributed by atoms with Crippen molar-refractivity contribution < 1.29 is 0 Å². The maximum absolute atomic E-state index is 4.54. The van der Waals surface area contributed by atoms with E-state index < -0.39 is 0 Å². The van der Waals surface area contributed by atoms with Gasteiger partial charge < -0.3 is 4.90 Å². The van der Waals surface area contributed by atoms with Gasteiger partial charge in [-0.2, -0.15) is 5.10 Å². The van der Waals surface area contributed by atoms with Crippen LogP contribution in [-0.4, -0.2) is 44.0 Å². The Kier molecular flexibility index (Phi) is 3.91. The number of hydrogen-bond donors (Lipinski definition) is 0. The molecule has 0 fully saturated rings. The summed E-state index contributed by atoms with van der Waals surface area (Å²) in [6.45, 7) is 1.79. The molecule has 1 aromatic heterocycles. The van der Waals surface area contributed by atoms with E-state index in [1.165, 1.54) is 5.56 Å². The summed E-state index contributed by atoms with van der Waals surface area (Å²) in [6.07, 6.45) is 3.94. The molecule has 1 aromatic rings. The highest BCUT2D eigenvalue weighted by Crippen LogP contribution is 2.24. The largest absolute Gasteiger partial charge is 0.350 e. The molecule has 1 aliphatic rings. The molecule has 6 heteroatoms. The first-order valence-electron chi connectivity index (χ1n) is 5.14. The van der Waals surface area contributed by atoms with Crippen LogP contribution < -0.4 is 0 Å². The van der Waals surface area contributed by atoms with Crippen LogP contribution in [0.25, 0.3) is 0 Å². The highest BCUT2D eigenvalue weighted by Gasteiger charge is 2.21. The summed E-state index contributed by atoms with van der Waals surface area (Å²) in [4.78, 5) is 6.72. The molecule has 0 aromatic carbocycles. The van der Waals surface area contributed by atoms with Crippen molar-refractivity contribution in [2.75, 3.05) is 18.9 Å². The van der Waals surface area contributed by atoms with Gasteiger partial charge in [-0.25, -0.2) is 0 Å². The number of aromatic nitrogens is 2. The lowest BCUT2D eigenvalue weighted by molar-refractivity contribution is 0.510. The predicted octanol–water partition coefficient (Wildman–Crippen LogP) is 1.72. The van der Waals surface area contributed by atoms with E-state index in [0.717, 1.165) is 23.6 Å². The van der Waals surface area contributed by atoms with Crippen LogP contribution in [0.15, 0.2) is 17.4 Å². The van der Waals surface area contributed by atoms with Crippen molar-refractivity contribution in [2.24, 2.45) is 12.0 Å². The Hall–Kier alpha value is -0.490. The Labute approximate surface area is 108 Å². The summed E-state index contributed by atoms with van der Waals surface area (Å²) < 4.78 is 1.83. The van der Waals surface area contributed by atoms with E-state index in [9.17, 15) is 0 Å². The first kappa shape index (κ1) is 12.0. The Morgan fingerprint density at radius 3 is 3.06 bits per heavy atom. The average molecular weight is 303 g/mol. The zero-order chi connectivity index (χ0) is 11.5. The average Bonchev–Trinajstić information content (AvgIpc) is 2.87. The molecule has 0 radical (unpaired) electrons. The van der Waals surface area contributed by atoms with Crippen molar-refractivity contribution in [2.45, 2.75) is 11.8 Å². The molecule has 1 aliphatic heterocycles. The van der Waals surface area contributed by atoms with Gasteiger partial charge in [0.25, 0.3) is 0 Å². The summed E-state index contributed by atoms with van der Waals surface area (Å²) >= 11 is 5.34. The van der Waals surface area contributed by atoms with E-state index in [4.69, 9.17) is 0 Å². The Balaban J connectivity index is 1.91. The van der Waals surface area contributed by atoms with Crippen molar-refractivity contribution >= 4 is 32.9 Å². The number of alkyl halides is 1. The highest BCUT2D eigenvalue weighted by atomic mass is 79.9. The lowest BCUT2D eigenvalue weighted by Gasteiger charge is -2.17. The Morgan fingerprint density at radius 2 is 2.50 bits per heavy atom. The molecule has 88 valence electrons. The molecule has 0 bridgehead atoms. The first-order chi connectivity index (χ1) is 7.69. The molecule has 16 heavy (non-hydrogen) atoms. The molecule has 0 amide bonds. The predicted molar refractivity (Wildman–Crippen MR) is 72.2 cm³/mol. The molecule has 0 saturated heterocycles. The van der Waals surface area contributed by atoms with Gasteiger partial charge in [-0.3, -0.25) is 9.67 Å². The third-order valence-corrected chi connectivity index (χ3v) is 4.89. The molecular formula is C10H15BrN4S. The van der Waals surface area contributed by atoms with Crippen LogP contribution in [0.1, 0.15) is 5.56 Å². The second-order valence-electron chi connectivity index (χ2n) is 3.90. The third kappa shape index (κ3) is 2.79. The summed E-state index contributed by atoms with van der Waals surface area (Å²) in [5.74, 6) is 0. The van der Waals surface area contributed by atoms with Crippen molar-refractivity contribution in [3.8, 4) is 0 Å². The van der Waals surface area contributed by atoms with Gasteiger partial charge in [-0.1, -0.05) is 27.7 Å². The summed E-state index contributed by atoms with van der Waals surface area (Å²) in [6, 6.07) is 0. The van der Waals surface area contributed by atoms with E-state index in [1.807, 2.05) is 35.9 Å². The molecule has 4 nitrogen and oxygen atoms in total. The van der Waals surface area contributed by atoms with E-state index in [-0.39, 0.29) is 0 Å². The van der Waals surface area contributed by atoms with Crippen molar-refractivity contribution in [3.05, 3.63) is 18.0 Å². The van der Waals surface area contributed by atoms with Crippen molar-refractivity contribution in [3.63, 3.8) is 0 Å². The first-order valence-corrected chi connectivity index (χ1v) is 7.15. The van der Waals surface area contributed by atoms with Crippen LogP contribution in [0.4, 0.5) is 0 Å². The van der Waals surface area contributed by atoms with Gasteiger partial charge in [0.1, 0.15) is 0 Å². The van der Waals surface area contributed by atoms with Crippen LogP contribution in [0, 0.1) is 0 Å². The molecule has 0 spiro atoms. The van der Waals surface area contributed by atoms with E-state index in [1.54, 1.807) is 0 Å². The minimum atomic E-state index is 0.589. The smallest absolute Gasteiger partial charge is 0.159 e. The van der Waals surface area contributed by atoms with E-state index >= 15 is 0 Å². The van der Waals surface area contributed by atoms with Crippen LogP contribution in [0.5, 0.6) is 0 Å². The number of halogens is 1. The molecule has 0 aliphatic carbocycles. The fourth-order valence-corrected chi connectivity index (χ4v) is 3.09. The fourth-order valence-electron chi connectivity index (χ4n) is 1.59. The van der Waals surface area contributed by atoms with E-state index in [0.29, 0.717) is 5.25 Å². The van der Waals surface area contributed by atoms with Crippen molar-refractivity contribution in [1.29, 1.82) is 0 Å². The maximum Gasteiger partial charge on any atom is 0.159 e. The lowest BCUT2D eigenvalue weighted by Crippen LogP contribution is -2.22. The SMILES string of the molecule is CN(Cc1cnn(C)c1)C1=NCC(CBr)S1. The third-order valence-electron chi connectivity index (χ3n) is 2.38. The molecular weight excluding hydrogens is 288 g/mol. The zero-order valence-electron chi connectivity index (χ0n) is 9.43. The van der Waals surface area contributed by atoms with Gasteiger partial charge in [0.15, 0.2) is 5.17 Å². The van der Waals surface area contributed by atoms with Crippen LogP contribution in [-0.2, 0) is 13.6 Å². The number of hydrogen-bond acceptors (Lipinski definition) is 4. The normalized spacial score (nSPS) is 19.9. The Morgan fingerprint density at radius 1 is 1.69 bits per heavy atom. The monoisotopic (exact) mass is 302 g/mol. The van der Waals surface area contributed by atoms with Gasteiger partial charge in [0.2, 0.25) is 0 Å². The van der Waals surface area contributed by atoms with Crippen molar-refractivity contribution in [1.82, 2.24) is 14.7 Å². The van der Waals surface area contributed by atoms with Crippen LogP contribution >= 0.6 is 27.7 Å². The Bertz CT molecular complexity index is 390.